The van der Waals surface area contributed by atoms with E-state index in [1.54, 1.807) is 19.3 Å². The average Bonchev–Trinajstić information content (AvgIpc) is 2.73. The molecule has 29 heavy (non-hydrogen) atoms. The number of esters is 1. The molecule has 0 bridgehead atoms. The SMILES string of the molecule is C=CCOC(=O)c1nn(CC)c(=O)c(Nc2cncc3ccccc23)c1C(C)=O. The van der Waals surface area contributed by atoms with Gasteiger partial charge in [-0.05, 0) is 13.8 Å². The monoisotopic (exact) mass is 392 g/mol. The summed E-state index contributed by atoms with van der Waals surface area (Å²) in [5.74, 6) is -1.30. The number of anilines is 2. The number of Topliss-reactive ketones (excluding diaryl/α,β-unsaturated/α-hetero) is 1. The lowest BCUT2D eigenvalue weighted by Gasteiger charge is -2.16. The van der Waals surface area contributed by atoms with Crippen LogP contribution in [0.2, 0.25) is 0 Å². The number of aryl methyl sites for hydroxylation is 1. The van der Waals surface area contributed by atoms with Crippen molar-refractivity contribution in [3.63, 3.8) is 0 Å². The number of nitrogens with zero attached hydrogens (tertiary/aromatic N) is 3. The Morgan fingerprint density at radius 1 is 1.28 bits per heavy atom. The molecule has 0 saturated heterocycles. The van der Waals surface area contributed by atoms with Crippen molar-refractivity contribution in [2.45, 2.75) is 20.4 Å². The van der Waals surface area contributed by atoms with Gasteiger partial charge in [0.05, 0.1) is 17.4 Å². The minimum atomic E-state index is -0.809. The highest BCUT2D eigenvalue weighted by Crippen LogP contribution is 2.26. The number of ketones is 1. The number of fused-ring (bicyclic) bond motifs is 1. The molecule has 0 amide bonds. The van der Waals surface area contributed by atoms with E-state index < -0.39 is 17.3 Å². The second-order valence-electron chi connectivity index (χ2n) is 6.20. The molecule has 0 aliphatic rings. The standard InChI is InChI=1S/C21H20N4O4/c1-4-10-29-21(28)19-17(13(3)26)18(20(27)25(5-2)24-19)23-16-12-22-11-14-8-6-7-9-15(14)16/h4,6-9,11-12,23H,1,5,10H2,2-3H3. The summed E-state index contributed by atoms with van der Waals surface area (Å²) in [6, 6.07) is 7.48. The van der Waals surface area contributed by atoms with Crippen LogP contribution in [-0.2, 0) is 11.3 Å². The Morgan fingerprint density at radius 3 is 2.72 bits per heavy atom. The van der Waals surface area contributed by atoms with Crippen molar-refractivity contribution in [2.24, 2.45) is 0 Å². The molecule has 1 aromatic carbocycles. The second-order valence-corrected chi connectivity index (χ2v) is 6.20. The maximum atomic E-state index is 13.0. The summed E-state index contributed by atoms with van der Waals surface area (Å²) in [5.41, 5.74) is -0.385. The first-order chi connectivity index (χ1) is 14.0. The third-order valence-corrected chi connectivity index (χ3v) is 4.26. The number of carbonyl (C=O) groups excluding carboxylic acids is 2. The van der Waals surface area contributed by atoms with Gasteiger partial charge in [0, 0.05) is 23.5 Å². The molecule has 0 atom stereocenters. The molecule has 0 aliphatic heterocycles. The van der Waals surface area contributed by atoms with Crippen molar-refractivity contribution in [1.82, 2.24) is 14.8 Å². The molecule has 0 saturated carbocycles. The van der Waals surface area contributed by atoms with Gasteiger partial charge in [0.25, 0.3) is 5.56 Å². The van der Waals surface area contributed by atoms with Crippen LogP contribution in [0.25, 0.3) is 10.8 Å². The molecule has 0 radical (unpaired) electrons. The zero-order valence-electron chi connectivity index (χ0n) is 16.1. The molecule has 8 nitrogen and oxygen atoms in total. The third-order valence-electron chi connectivity index (χ3n) is 4.26. The molecule has 148 valence electrons. The number of benzene rings is 1. The van der Waals surface area contributed by atoms with Crippen LogP contribution in [0.3, 0.4) is 0 Å². The summed E-state index contributed by atoms with van der Waals surface area (Å²) < 4.78 is 6.16. The van der Waals surface area contributed by atoms with Gasteiger partial charge in [0.2, 0.25) is 0 Å². The van der Waals surface area contributed by atoms with Gasteiger partial charge in [-0.3, -0.25) is 14.6 Å². The fourth-order valence-electron chi connectivity index (χ4n) is 2.94. The Hall–Kier alpha value is -3.81. The summed E-state index contributed by atoms with van der Waals surface area (Å²) in [5, 5.41) is 8.73. The van der Waals surface area contributed by atoms with Gasteiger partial charge in [-0.15, -0.1) is 0 Å². The van der Waals surface area contributed by atoms with Crippen LogP contribution in [0, 0.1) is 0 Å². The molecule has 0 fully saturated rings. The normalized spacial score (nSPS) is 10.6. The van der Waals surface area contributed by atoms with Gasteiger partial charge < -0.3 is 10.1 Å². The number of pyridine rings is 1. The summed E-state index contributed by atoms with van der Waals surface area (Å²) >= 11 is 0. The second kappa shape index (κ2) is 8.47. The topological polar surface area (TPSA) is 103 Å². The van der Waals surface area contributed by atoms with Crippen LogP contribution in [-0.4, -0.2) is 33.1 Å². The van der Waals surface area contributed by atoms with E-state index in [2.05, 4.69) is 22.0 Å². The highest BCUT2D eigenvalue weighted by atomic mass is 16.5. The number of ether oxygens (including phenoxy) is 1. The molecule has 3 rings (SSSR count). The van der Waals surface area contributed by atoms with E-state index in [-0.39, 0.29) is 30.1 Å². The van der Waals surface area contributed by atoms with Crippen LogP contribution in [0.15, 0.2) is 54.1 Å². The first-order valence-corrected chi connectivity index (χ1v) is 9.01. The Kier molecular flexibility index (Phi) is 5.82. The Labute approximate surface area is 166 Å². The minimum Gasteiger partial charge on any atom is -0.457 e. The number of hydrogen-bond donors (Lipinski definition) is 1. The van der Waals surface area contributed by atoms with Gasteiger partial charge in [0.15, 0.2) is 11.5 Å². The fraction of sp³-hybridized carbons (Fsp3) is 0.190. The molecule has 8 heteroatoms. The lowest BCUT2D eigenvalue weighted by molar-refractivity contribution is 0.0536. The summed E-state index contributed by atoms with van der Waals surface area (Å²) in [6.45, 7) is 6.64. The highest BCUT2D eigenvalue weighted by molar-refractivity contribution is 6.09. The molecule has 2 aromatic heterocycles. The van der Waals surface area contributed by atoms with Crippen molar-refractivity contribution in [2.75, 3.05) is 11.9 Å². The van der Waals surface area contributed by atoms with E-state index in [9.17, 15) is 14.4 Å². The van der Waals surface area contributed by atoms with Crippen LogP contribution in [0.4, 0.5) is 11.4 Å². The number of hydrogen-bond acceptors (Lipinski definition) is 7. The Morgan fingerprint density at radius 2 is 2.03 bits per heavy atom. The van der Waals surface area contributed by atoms with Crippen LogP contribution >= 0.6 is 0 Å². The van der Waals surface area contributed by atoms with Crippen molar-refractivity contribution in [3.05, 3.63) is 70.9 Å². The number of carbonyl (C=O) groups is 2. The summed E-state index contributed by atoms with van der Waals surface area (Å²) in [7, 11) is 0. The van der Waals surface area contributed by atoms with Gasteiger partial charge in [-0.1, -0.05) is 36.9 Å². The molecule has 0 unspecified atom stereocenters. The van der Waals surface area contributed by atoms with Crippen molar-refractivity contribution >= 4 is 33.9 Å². The number of nitrogens with one attached hydrogen (secondary N) is 1. The molecule has 3 aromatic rings. The van der Waals surface area contributed by atoms with Gasteiger partial charge in [0.1, 0.15) is 12.3 Å². The van der Waals surface area contributed by atoms with Gasteiger partial charge in [-0.25, -0.2) is 9.48 Å². The Bertz CT molecular complexity index is 1160. The first kappa shape index (κ1) is 19.9. The molecular formula is C21H20N4O4. The van der Waals surface area contributed by atoms with Crippen molar-refractivity contribution in [1.29, 1.82) is 0 Å². The molecule has 2 heterocycles. The first-order valence-electron chi connectivity index (χ1n) is 9.01. The number of aromatic nitrogens is 3. The van der Waals surface area contributed by atoms with E-state index in [1.165, 1.54) is 13.0 Å². The molecule has 0 spiro atoms. The number of rotatable bonds is 7. The third kappa shape index (κ3) is 3.91. The van der Waals surface area contributed by atoms with Gasteiger partial charge in [-0.2, -0.15) is 5.10 Å². The lowest BCUT2D eigenvalue weighted by Crippen LogP contribution is -2.31. The van der Waals surface area contributed by atoms with E-state index in [0.717, 1.165) is 15.5 Å². The smallest absolute Gasteiger partial charge is 0.359 e. The zero-order chi connectivity index (χ0) is 21.0. The van der Waals surface area contributed by atoms with E-state index >= 15 is 0 Å². The van der Waals surface area contributed by atoms with Crippen molar-refractivity contribution in [3.8, 4) is 0 Å². The molecule has 1 N–H and O–H groups in total. The highest BCUT2D eigenvalue weighted by Gasteiger charge is 2.26. The van der Waals surface area contributed by atoms with E-state index in [4.69, 9.17) is 4.74 Å². The maximum Gasteiger partial charge on any atom is 0.359 e. The predicted octanol–water partition coefficient (Wildman–Crippen LogP) is 3.10. The quantitative estimate of drug-likeness (QED) is 0.374. The van der Waals surface area contributed by atoms with Crippen LogP contribution in [0.5, 0.6) is 0 Å². The van der Waals surface area contributed by atoms with Crippen LogP contribution in [0.1, 0.15) is 34.7 Å². The maximum absolute atomic E-state index is 13.0. The molecule has 0 aliphatic carbocycles. The average molecular weight is 392 g/mol. The van der Waals surface area contributed by atoms with E-state index in [0.29, 0.717) is 5.69 Å². The summed E-state index contributed by atoms with van der Waals surface area (Å²) in [6.07, 6.45) is 4.65. The Balaban J connectivity index is 2.23. The minimum absolute atomic E-state index is 0.0425. The fourth-order valence-corrected chi connectivity index (χ4v) is 2.94. The van der Waals surface area contributed by atoms with Gasteiger partial charge >= 0.3 is 5.97 Å². The van der Waals surface area contributed by atoms with Crippen LogP contribution < -0.4 is 10.9 Å². The summed E-state index contributed by atoms with van der Waals surface area (Å²) in [4.78, 5) is 42.0. The predicted molar refractivity (Wildman–Crippen MR) is 110 cm³/mol. The van der Waals surface area contributed by atoms with Crippen molar-refractivity contribution < 1.29 is 14.3 Å². The van der Waals surface area contributed by atoms with E-state index in [1.807, 2.05) is 24.3 Å². The zero-order valence-corrected chi connectivity index (χ0v) is 16.1. The lowest BCUT2D eigenvalue weighted by atomic mass is 10.1. The molecular weight excluding hydrogens is 372 g/mol. The largest absolute Gasteiger partial charge is 0.457 e.